The molecule has 8 unspecified atom stereocenters. The molecule has 10 nitrogen and oxygen atoms in total. The van der Waals surface area contributed by atoms with Gasteiger partial charge in [0.2, 0.25) is 0 Å². The third-order valence-corrected chi connectivity index (χ3v) is 13.2. The third kappa shape index (κ3) is 8.19. The highest BCUT2D eigenvalue weighted by Crippen LogP contribution is 2.43. The Morgan fingerprint density at radius 2 is 1.04 bits per heavy atom. The molecule has 4 fully saturated rings. The Morgan fingerprint density at radius 3 is 1.47 bits per heavy atom. The van der Waals surface area contributed by atoms with Gasteiger partial charge in [-0.25, -0.2) is 0 Å². The number of nitrogens with zero attached hydrogens (tertiary/aromatic N) is 1. The van der Waals surface area contributed by atoms with Gasteiger partial charge in [0.05, 0.1) is 66.6 Å². The summed E-state index contributed by atoms with van der Waals surface area (Å²) in [5.41, 5.74) is -0.444. The maximum atomic E-state index is 12.0. The van der Waals surface area contributed by atoms with Crippen molar-refractivity contribution in [2.75, 3.05) is 0 Å². The van der Waals surface area contributed by atoms with E-state index in [9.17, 15) is 9.67 Å². The maximum Gasteiger partial charge on any atom is 0.162 e. The van der Waals surface area contributed by atoms with Crippen molar-refractivity contribution in [3.8, 4) is 0 Å². The van der Waals surface area contributed by atoms with Crippen molar-refractivity contribution < 1.29 is 42.8 Å². The lowest BCUT2D eigenvalue weighted by atomic mass is 9.81. The minimum Gasteiger partial charge on any atom is -0.389 e. The molecule has 4 aliphatic heterocycles. The van der Waals surface area contributed by atoms with Gasteiger partial charge in [0.1, 0.15) is 1.28 Å². The molecule has 0 aromatic rings. The van der Waals surface area contributed by atoms with Crippen LogP contribution in [0.4, 0.5) is 0 Å². The first-order chi connectivity index (χ1) is 22.9. The first kappa shape index (κ1) is 38.1. The Hall–Kier alpha value is -0.120. The lowest BCUT2D eigenvalue weighted by Gasteiger charge is -2.51. The highest BCUT2D eigenvalue weighted by atomic mass is 31.1. The zero-order valence-electron chi connectivity index (χ0n) is 31.4. The normalized spacial score (nSPS) is 51.7. The average molecular weight is 706 g/mol. The van der Waals surface area contributed by atoms with Crippen LogP contribution in [-0.2, 0) is 37.7 Å². The van der Waals surface area contributed by atoms with Gasteiger partial charge in [-0.15, -0.1) is 0 Å². The van der Waals surface area contributed by atoms with Crippen molar-refractivity contribution in [1.82, 2.24) is 0 Å². The number of rotatable bonds is 12. The number of aliphatic hydroxyl groups is 1. The molecule has 0 spiro atoms. The summed E-state index contributed by atoms with van der Waals surface area (Å²) < 4.78 is 70.6. The Balaban J connectivity index is 1.45. The molecule has 0 radical (unpaired) electrons. The number of hydrogen-bond donors (Lipinski definition) is 1. The van der Waals surface area contributed by atoms with E-state index >= 15 is 0 Å². The standard InChI is InChI=1S/C35H63NO9P2/c1-12-23-28(37)32(47-38)21(10)35(40-23)44-30-17(6)18(7)33(41-26(30)15-4)43-29-16(5)19(8)34(42-25(29)14-3)45-31-20(9)27(36-46)22(11)39-24(31)13-2/h16-35,37,46H,12-15H2,1-11H3/t16-,17-,18?,19?,20-,21?,22+,23?,24?,25?,26?,27?,28-,29+,30+,31+,32-,33+,34+,35+/m1/s1/i38-1. The molecule has 0 amide bonds. The van der Waals surface area contributed by atoms with E-state index in [2.05, 4.69) is 60.1 Å². The minimum absolute atomic E-state index is 0.0243. The highest BCUT2D eigenvalue weighted by molar-refractivity contribution is 7.24. The quantitative estimate of drug-likeness (QED) is 0.209. The van der Waals surface area contributed by atoms with Gasteiger partial charge in [-0.3, -0.25) is 9.31 Å². The molecule has 0 aromatic heterocycles. The minimum atomic E-state index is -0.793. The Labute approximate surface area is 288 Å². The molecular weight excluding hydrogens is 639 g/mol. The van der Waals surface area contributed by atoms with Crippen LogP contribution in [0, 0.1) is 35.5 Å². The van der Waals surface area contributed by atoms with E-state index in [0.29, 0.717) is 6.42 Å². The molecule has 0 bridgehead atoms. The second kappa shape index (κ2) is 17.4. The van der Waals surface area contributed by atoms with Gasteiger partial charge >= 0.3 is 0 Å². The second-order valence-electron chi connectivity index (χ2n) is 14.8. The maximum absolute atomic E-state index is 12.0. The molecule has 1 N–H and O–H groups in total. The van der Waals surface area contributed by atoms with Crippen LogP contribution in [0.5, 0.6) is 0 Å². The van der Waals surface area contributed by atoms with Gasteiger partial charge in [-0.05, 0) is 53.4 Å². The number of aliphatic hydroxyl groups excluding tert-OH is 1. The van der Waals surface area contributed by atoms with Crippen molar-refractivity contribution in [1.29, 1.82) is 1.28 Å². The average Bonchev–Trinajstić information content (AvgIpc) is 3.07. The summed E-state index contributed by atoms with van der Waals surface area (Å²) in [6.07, 6.45) is -0.845. The molecule has 4 rings (SSSR count). The number of ether oxygens (including phenoxy) is 7. The lowest BCUT2D eigenvalue weighted by Crippen LogP contribution is -2.59. The monoisotopic (exact) mass is 705 g/mol. The fraction of sp³-hybridized carbons (Fsp3) is 1.00. The zero-order valence-corrected chi connectivity index (χ0v) is 32.2. The first-order valence-electron chi connectivity index (χ1n) is 18.7. The molecule has 4 aliphatic rings. The van der Waals surface area contributed by atoms with Crippen molar-refractivity contribution in [3.05, 3.63) is 0 Å². The highest BCUT2D eigenvalue weighted by Gasteiger charge is 2.51. The van der Waals surface area contributed by atoms with Gasteiger partial charge in [0, 0.05) is 23.7 Å². The van der Waals surface area contributed by atoms with Crippen molar-refractivity contribution in [2.24, 2.45) is 40.3 Å². The summed E-state index contributed by atoms with van der Waals surface area (Å²) in [5, 5.41) is 10.7. The van der Waals surface area contributed by atoms with Crippen LogP contribution in [0.1, 0.15) is 102 Å². The van der Waals surface area contributed by atoms with E-state index < -0.39 is 36.7 Å². The molecule has 12 heteroatoms. The summed E-state index contributed by atoms with van der Waals surface area (Å²) in [6, 6.07) is -0.0992. The Bertz CT molecular complexity index is 1040. The molecular formula is C35H63NO9P2. The summed E-state index contributed by atoms with van der Waals surface area (Å²) >= 11 is 0. The summed E-state index contributed by atoms with van der Waals surface area (Å²) in [6.45, 7) is 23.2. The molecule has 4 heterocycles. The van der Waals surface area contributed by atoms with E-state index in [1.165, 1.54) is 0 Å². The summed E-state index contributed by atoms with van der Waals surface area (Å²) in [7, 11) is 0.167. The van der Waals surface area contributed by atoms with E-state index in [1.54, 1.807) is 0 Å². The van der Waals surface area contributed by atoms with Crippen LogP contribution in [0.2, 0.25) is 0 Å². The second-order valence-corrected chi connectivity index (χ2v) is 15.8. The predicted octanol–water partition coefficient (Wildman–Crippen LogP) is 7.28. The van der Waals surface area contributed by atoms with E-state index in [0.717, 1.165) is 19.3 Å². The summed E-state index contributed by atoms with van der Waals surface area (Å²) in [5.74, 6) is 0.168. The Kier molecular flexibility index (Phi) is 14.1. The molecule has 272 valence electrons. The lowest BCUT2D eigenvalue weighted by molar-refractivity contribution is -0.353. The van der Waals surface area contributed by atoms with Crippen LogP contribution in [0.25, 0.3) is 0 Å². The molecule has 47 heavy (non-hydrogen) atoms. The van der Waals surface area contributed by atoms with Crippen molar-refractivity contribution in [3.63, 3.8) is 0 Å². The largest absolute Gasteiger partial charge is 0.389 e. The van der Waals surface area contributed by atoms with Gasteiger partial charge in [-0.1, -0.05) is 69.2 Å². The SMILES string of the molecule is [4H]/P=N\C1[C@H](C)OC(CC)[C@@H](O[C@@H]2OC(CC)[C@@H](O[C@@H]3OC(CC)[C@@H](O[C@@H]4OC(CC)[C@@H](O)[C@H](P=[15O])C4C)[C@H](C)C3C)[C@H](C)C2C)[C@@H]1C. The smallest absolute Gasteiger partial charge is 0.162 e. The van der Waals surface area contributed by atoms with Gasteiger partial charge in [-0.2, -0.15) is 0 Å². The van der Waals surface area contributed by atoms with Crippen molar-refractivity contribution in [2.45, 2.75) is 187 Å². The fourth-order valence-electron chi connectivity index (χ4n) is 8.23. The van der Waals surface area contributed by atoms with Crippen molar-refractivity contribution >= 4 is 17.4 Å². The van der Waals surface area contributed by atoms with Gasteiger partial charge in [0.25, 0.3) is 0 Å². The molecule has 4 saturated heterocycles. The van der Waals surface area contributed by atoms with Crippen LogP contribution in [0.3, 0.4) is 0 Å². The van der Waals surface area contributed by atoms with Crippen LogP contribution in [-0.4, -0.2) is 91.9 Å². The van der Waals surface area contributed by atoms with Gasteiger partial charge in [0.15, 0.2) is 27.3 Å². The molecule has 0 saturated carbocycles. The number of hydrogen-bond acceptors (Lipinski definition) is 10. The summed E-state index contributed by atoms with van der Waals surface area (Å²) in [4.78, 5) is 0. The molecule has 20 atom stereocenters. The van der Waals surface area contributed by atoms with Crippen LogP contribution < -0.4 is 0 Å². The van der Waals surface area contributed by atoms with E-state index in [-0.39, 0.29) is 102 Å². The van der Waals surface area contributed by atoms with Gasteiger partial charge < -0.3 is 38.3 Å². The predicted molar refractivity (Wildman–Crippen MR) is 183 cm³/mol. The third-order valence-electron chi connectivity index (χ3n) is 11.9. The molecule has 0 aromatic carbocycles. The zero-order chi connectivity index (χ0) is 35.4. The van der Waals surface area contributed by atoms with E-state index in [1.807, 2.05) is 20.8 Å². The van der Waals surface area contributed by atoms with Crippen LogP contribution >= 0.6 is 17.4 Å². The fourth-order valence-corrected chi connectivity index (χ4v) is 9.28. The topological polar surface area (TPSA) is 114 Å². The van der Waals surface area contributed by atoms with E-state index in [4.69, 9.17) is 34.4 Å². The first-order valence-corrected chi connectivity index (χ1v) is 19.6. The van der Waals surface area contributed by atoms with Crippen LogP contribution in [0.15, 0.2) is 4.74 Å². The molecule has 0 aliphatic carbocycles. The Morgan fingerprint density at radius 1 is 0.638 bits per heavy atom.